The molecule has 34 heavy (non-hydrogen) atoms. The Balaban J connectivity index is 1.28. The molecule has 4 rings (SSSR count). The van der Waals surface area contributed by atoms with E-state index in [1.54, 1.807) is 28.4 Å². The number of benzene rings is 2. The average Bonchev–Trinajstić information content (AvgIpc) is 3.07. The van der Waals surface area contributed by atoms with Gasteiger partial charge < -0.3 is 29.1 Å². The first-order valence-electron chi connectivity index (χ1n) is 12.0. The van der Waals surface area contributed by atoms with Crippen molar-refractivity contribution in [3.05, 3.63) is 46.5 Å². The Morgan fingerprint density at radius 2 is 1.41 bits per heavy atom. The number of ether oxygens (including phenoxy) is 4. The summed E-state index contributed by atoms with van der Waals surface area (Å²) in [6.07, 6.45) is 4.75. The van der Waals surface area contributed by atoms with Gasteiger partial charge in [-0.1, -0.05) is 0 Å². The minimum atomic E-state index is -0.0800. The highest BCUT2D eigenvalue weighted by atomic mass is 16.5. The molecule has 0 fully saturated rings. The Morgan fingerprint density at radius 1 is 0.882 bits per heavy atom. The van der Waals surface area contributed by atoms with E-state index in [1.165, 1.54) is 22.3 Å². The summed E-state index contributed by atoms with van der Waals surface area (Å²) in [5, 5.41) is 3.57. The Bertz CT molecular complexity index is 974. The highest BCUT2D eigenvalue weighted by molar-refractivity contribution is 5.58. The van der Waals surface area contributed by atoms with Gasteiger partial charge in [-0.2, -0.15) is 0 Å². The summed E-state index contributed by atoms with van der Waals surface area (Å²) >= 11 is 0. The minimum Gasteiger partial charge on any atom is -0.493 e. The van der Waals surface area contributed by atoms with Crippen molar-refractivity contribution in [1.29, 1.82) is 0 Å². The summed E-state index contributed by atoms with van der Waals surface area (Å²) in [4.78, 5) is 14.3. The van der Waals surface area contributed by atoms with Crippen LogP contribution in [-0.4, -0.2) is 71.8 Å². The van der Waals surface area contributed by atoms with E-state index < -0.39 is 0 Å². The molecule has 1 aliphatic carbocycles. The quantitative estimate of drug-likeness (QED) is 0.402. The molecule has 0 radical (unpaired) electrons. The van der Waals surface area contributed by atoms with Gasteiger partial charge in [0.25, 0.3) is 0 Å². The van der Waals surface area contributed by atoms with Gasteiger partial charge in [0, 0.05) is 25.6 Å². The van der Waals surface area contributed by atoms with Crippen LogP contribution >= 0.6 is 0 Å². The summed E-state index contributed by atoms with van der Waals surface area (Å²) in [6, 6.07) is 8.25. The third kappa shape index (κ3) is 5.00. The van der Waals surface area contributed by atoms with Gasteiger partial charge in [-0.05, 0) is 78.7 Å². The van der Waals surface area contributed by atoms with Gasteiger partial charge >= 0.3 is 0 Å². The molecule has 2 aliphatic rings. The molecule has 1 aliphatic heterocycles. The lowest BCUT2D eigenvalue weighted by Gasteiger charge is -2.32. The van der Waals surface area contributed by atoms with Crippen molar-refractivity contribution < 1.29 is 23.7 Å². The number of hydrogen-bond acceptors (Lipinski definition) is 7. The molecule has 0 saturated heterocycles. The van der Waals surface area contributed by atoms with Crippen LogP contribution in [0.5, 0.6) is 23.0 Å². The third-order valence-corrected chi connectivity index (χ3v) is 7.23. The molecule has 1 heterocycles. The number of carbonyl (C=O) groups excluding carboxylic acids is 1. The van der Waals surface area contributed by atoms with E-state index >= 15 is 0 Å². The fourth-order valence-electron chi connectivity index (χ4n) is 5.18. The largest absolute Gasteiger partial charge is 0.493 e. The normalized spacial score (nSPS) is 18.1. The van der Waals surface area contributed by atoms with Crippen LogP contribution in [0.25, 0.3) is 0 Å². The highest BCUT2D eigenvalue weighted by Gasteiger charge is 2.28. The van der Waals surface area contributed by atoms with Crippen LogP contribution in [0.4, 0.5) is 0 Å². The van der Waals surface area contributed by atoms with Gasteiger partial charge in [-0.15, -0.1) is 0 Å². The predicted molar refractivity (Wildman–Crippen MR) is 132 cm³/mol. The maximum atomic E-state index is 11.9. The summed E-state index contributed by atoms with van der Waals surface area (Å²) in [5.41, 5.74) is 5.21. The SMILES string of the molecule is COc1cc2c(cc1OC)CCN(C(C=O)CCNCC1Cc3cc(OC)c(OC)cc31)CC2. The van der Waals surface area contributed by atoms with Crippen molar-refractivity contribution in [3.8, 4) is 23.0 Å². The molecule has 0 saturated carbocycles. The fraction of sp³-hybridized carbons (Fsp3) is 0.519. The molecule has 0 spiro atoms. The van der Waals surface area contributed by atoms with Crippen LogP contribution < -0.4 is 24.3 Å². The monoisotopic (exact) mass is 468 g/mol. The topological polar surface area (TPSA) is 69.3 Å². The van der Waals surface area contributed by atoms with E-state index in [-0.39, 0.29) is 6.04 Å². The van der Waals surface area contributed by atoms with Crippen LogP contribution in [0.2, 0.25) is 0 Å². The molecule has 7 nitrogen and oxygen atoms in total. The number of methoxy groups -OCH3 is 4. The average molecular weight is 469 g/mol. The first-order chi connectivity index (χ1) is 16.6. The summed E-state index contributed by atoms with van der Waals surface area (Å²) in [6.45, 7) is 3.44. The van der Waals surface area contributed by atoms with Crippen LogP contribution in [0.3, 0.4) is 0 Å². The van der Waals surface area contributed by atoms with Gasteiger partial charge in [-0.3, -0.25) is 4.90 Å². The van der Waals surface area contributed by atoms with Crippen LogP contribution in [0.15, 0.2) is 24.3 Å². The molecule has 0 aromatic heterocycles. The van der Waals surface area contributed by atoms with Crippen molar-refractivity contribution in [1.82, 2.24) is 10.2 Å². The smallest absolute Gasteiger partial charge is 0.161 e. The Hall–Kier alpha value is -2.77. The maximum absolute atomic E-state index is 11.9. The second kappa shape index (κ2) is 11.1. The van der Waals surface area contributed by atoms with E-state index in [0.29, 0.717) is 5.92 Å². The standard InChI is InChI=1S/C27H36N2O5/c1-31-24-12-18-6-9-29(10-7-19(18)13-25(24)32-2)22(17-30)5-8-28-16-21-11-20-14-26(33-3)27(34-4)15-23(20)21/h12-15,17,21-22,28H,5-11,16H2,1-4H3. The number of nitrogens with one attached hydrogen (secondary N) is 1. The van der Waals surface area contributed by atoms with Crippen molar-refractivity contribution in [2.24, 2.45) is 0 Å². The van der Waals surface area contributed by atoms with Crippen LogP contribution in [0.1, 0.15) is 34.6 Å². The molecular weight excluding hydrogens is 432 g/mol. The summed E-state index contributed by atoms with van der Waals surface area (Å²) in [5.74, 6) is 3.57. The second-order valence-corrected chi connectivity index (χ2v) is 9.02. The number of rotatable bonds is 11. The van der Waals surface area contributed by atoms with Gasteiger partial charge in [0.1, 0.15) is 6.29 Å². The van der Waals surface area contributed by atoms with Crippen LogP contribution in [0, 0.1) is 0 Å². The Morgan fingerprint density at radius 3 is 1.94 bits per heavy atom. The molecule has 2 atom stereocenters. The number of aldehydes is 1. The lowest BCUT2D eigenvalue weighted by Crippen LogP contribution is -2.41. The predicted octanol–water partition coefficient (Wildman–Crippen LogP) is 3.01. The molecule has 2 aromatic carbocycles. The van der Waals surface area contributed by atoms with E-state index in [9.17, 15) is 4.79 Å². The highest BCUT2D eigenvalue weighted by Crippen LogP contribution is 2.42. The molecule has 2 unspecified atom stereocenters. The van der Waals surface area contributed by atoms with Gasteiger partial charge in [-0.25, -0.2) is 0 Å². The zero-order valence-electron chi connectivity index (χ0n) is 20.7. The first kappa shape index (κ1) is 24.4. The van der Waals surface area contributed by atoms with E-state index in [2.05, 4.69) is 34.5 Å². The molecule has 2 aromatic rings. The Kier molecular flexibility index (Phi) is 7.95. The van der Waals surface area contributed by atoms with Gasteiger partial charge in [0.15, 0.2) is 23.0 Å². The van der Waals surface area contributed by atoms with Gasteiger partial charge in [0.2, 0.25) is 0 Å². The molecule has 7 heteroatoms. The van der Waals surface area contributed by atoms with Crippen LogP contribution in [-0.2, 0) is 24.1 Å². The summed E-state index contributed by atoms with van der Waals surface area (Å²) in [7, 11) is 6.67. The molecule has 184 valence electrons. The molecule has 0 amide bonds. The maximum Gasteiger partial charge on any atom is 0.161 e. The number of nitrogens with zero attached hydrogens (tertiary/aromatic N) is 1. The fourth-order valence-corrected chi connectivity index (χ4v) is 5.18. The van der Waals surface area contributed by atoms with Crippen molar-refractivity contribution in [3.63, 3.8) is 0 Å². The molecule has 1 N–H and O–H groups in total. The first-order valence-corrected chi connectivity index (χ1v) is 12.0. The number of hydrogen-bond donors (Lipinski definition) is 1. The second-order valence-electron chi connectivity index (χ2n) is 9.02. The lowest BCUT2D eigenvalue weighted by atomic mass is 9.77. The van der Waals surface area contributed by atoms with Crippen molar-refractivity contribution >= 4 is 6.29 Å². The molecule has 0 bridgehead atoms. The number of fused-ring (bicyclic) bond motifs is 2. The zero-order valence-corrected chi connectivity index (χ0v) is 20.7. The third-order valence-electron chi connectivity index (χ3n) is 7.23. The number of carbonyl (C=O) groups is 1. The van der Waals surface area contributed by atoms with E-state index in [1.807, 2.05) is 0 Å². The summed E-state index contributed by atoms with van der Waals surface area (Å²) < 4.78 is 21.8. The van der Waals surface area contributed by atoms with Crippen molar-refractivity contribution in [2.75, 3.05) is 54.6 Å². The van der Waals surface area contributed by atoms with E-state index in [0.717, 1.165) is 81.1 Å². The lowest BCUT2D eigenvalue weighted by molar-refractivity contribution is -0.112. The zero-order chi connectivity index (χ0) is 24.1. The van der Waals surface area contributed by atoms with Gasteiger partial charge in [0.05, 0.1) is 34.5 Å². The minimum absolute atomic E-state index is 0.0800. The Labute approximate surface area is 202 Å². The van der Waals surface area contributed by atoms with Crippen molar-refractivity contribution in [2.45, 2.75) is 37.6 Å². The molecular formula is C27H36N2O5. The van der Waals surface area contributed by atoms with E-state index in [4.69, 9.17) is 18.9 Å².